The van der Waals surface area contributed by atoms with E-state index >= 15 is 0 Å². The zero-order valence-electron chi connectivity index (χ0n) is 14.2. The van der Waals surface area contributed by atoms with Gasteiger partial charge in [-0.2, -0.15) is 0 Å². The number of aliphatic imine (C=N–C) groups is 1. The van der Waals surface area contributed by atoms with Gasteiger partial charge in [-0.05, 0) is 37.4 Å². The van der Waals surface area contributed by atoms with Crippen LogP contribution in [0.25, 0.3) is 0 Å². The number of nitrogens with two attached hydrogens (primary N) is 1. The van der Waals surface area contributed by atoms with Gasteiger partial charge in [0.15, 0.2) is 5.96 Å². The fourth-order valence-electron chi connectivity index (χ4n) is 2.79. The van der Waals surface area contributed by atoms with Gasteiger partial charge in [0.1, 0.15) is 0 Å². The molecule has 2 rings (SSSR count). The summed E-state index contributed by atoms with van der Waals surface area (Å²) in [4.78, 5) is 11.4. The Morgan fingerprint density at radius 3 is 2.30 bits per heavy atom. The number of rotatable bonds is 6. The average molecular weight is 338 g/mol. The second-order valence-corrected chi connectivity index (χ2v) is 6.15. The first-order valence-corrected chi connectivity index (χ1v) is 8.79. The Bertz CT molecular complexity index is 490. The summed E-state index contributed by atoms with van der Waals surface area (Å²) in [6.07, 6.45) is 0. The van der Waals surface area contributed by atoms with Crippen molar-refractivity contribution < 1.29 is 0 Å². The molecule has 1 aliphatic heterocycles. The van der Waals surface area contributed by atoms with E-state index in [-0.39, 0.29) is 0 Å². The predicted octanol–water partition coefficient (Wildman–Crippen LogP) is 2.12. The zero-order chi connectivity index (χ0) is 16.7. The number of hydrogen-bond donors (Lipinski definition) is 1. The molecule has 1 saturated heterocycles. The molecule has 0 spiro atoms. The number of halogens is 1. The third-order valence-corrected chi connectivity index (χ3v) is 4.63. The molecule has 0 radical (unpaired) electrons. The minimum atomic E-state index is 0.674. The highest BCUT2D eigenvalue weighted by Gasteiger charge is 2.18. The fourth-order valence-corrected chi connectivity index (χ4v) is 2.92. The first-order chi connectivity index (χ1) is 11.1. The van der Waals surface area contributed by atoms with Gasteiger partial charge in [-0.3, -0.25) is 4.99 Å². The van der Waals surface area contributed by atoms with Crippen LogP contribution in [0.4, 0.5) is 5.69 Å². The molecule has 6 heteroatoms. The van der Waals surface area contributed by atoms with Crippen LogP contribution in [0.1, 0.15) is 13.8 Å². The zero-order valence-corrected chi connectivity index (χ0v) is 15.0. The molecule has 128 valence electrons. The topological polar surface area (TPSA) is 48.1 Å². The van der Waals surface area contributed by atoms with Crippen molar-refractivity contribution in [2.75, 3.05) is 57.3 Å². The van der Waals surface area contributed by atoms with Gasteiger partial charge in [0, 0.05) is 43.4 Å². The predicted molar refractivity (Wildman–Crippen MR) is 99.5 cm³/mol. The van der Waals surface area contributed by atoms with Gasteiger partial charge in [0.2, 0.25) is 0 Å². The van der Waals surface area contributed by atoms with Gasteiger partial charge >= 0.3 is 0 Å². The van der Waals surface area contributed by atoms with Crippen molar-refractivity contribution in [3.63, 3.8) is 0 Å². The maximum atomic E-state index is 6.14. The lowest BCUT2D eigenvalue weighted by atomic mass is 10.2. The van der Waals surface area contributed by atoms with E-state index in [1.54, 1.807) is 0 Å². The Hall–Kier alpha value is -1.46. The smallest absolute Gasteiger partial charge is 0.191 e. The van der Waals surface area contributed by atoms with Crippen LogP contribution in [0.3, 0.4) is 0 Å². The molecule has 23 heavy (non-hydrogen) atoms. The highest BCUT2D eigenvalue weighted by atomic mass is 35.5. The van der Waals surface area contributed by atoms with Crippen LogP contribution in [-0.2, 0) is 0 Å². The largest absolute Gasteiger partial charge is 0.370 e. The Kier molecular flexibility index (Phi) is 6.99. The molecule has 1 heterocycles. The summed E-state index contributed by atoms with van der Waals surface area (Å²) in [5.41, 5.74) is 7.36. The number of benzene rings is 1. The number of nitrogens with zero attached hydrogens (tertiary/aromatic N) is 4. The van der Waals surface area contributed by atoms with Crippen LogP contribution in [0, 0.1) is 0 Å². The van der Waals surface area contributed by atoms with Crippen LogP contribution in [-0.4, -0.2) is 68.1 Å². The van der Waals surface area contributed by atoms with Crippen molar-refractivity contribution in [2.45, 2.75) is 13.8 Å². The molecule has 0 aliphatic carbocycles. The molecule has 1 aromatic carbocycles. The summed E-state index contributed by atoms with van der Waals surface area (Å²) in [6, 6.07) is 8.01. The van der Waals surface area contributed by atoms with Crippen LogP contribution in [0.2, 0.25) is 5.02 Å². The van der Waals surface area contributed by atoms with Gasteiger partial charge < -0.3 is 20.4 Å². The third kappa shape index (κ3) is 5.29. The van der Waals surface area contributed by atoms with Gasteiger partial charge in [-0.15, -0.1) is 0 Å². The van der Waals surface area contributed by atoms with Crippen molar-refractivity contribution in [1.82, 2.24) is 9.80 Å². The molecule has 0 atom stereocenters. The van der Waals surface area contributed by atoms with Crippen LogP contribution in [0.15, 0.2) is 29.3 Å². The Morgan fingerprint density at radius 2 is 1.74 bits per heavy atom. The van der Waals surface area contributed by atoms with Crippen molar-refractivity contribution in [1.29, 1.82) is 0 Å². The first-order valence-electron chi connectivity index (χ1n) is 8.41. The van der Waals surface area contributed by atoms with E-state index < -0.39 is 0 Å². The van der Waals surface area contributed by atoms with Crippen molar-refractivity contribution >= 4 is 23.2 Å². The summed E-state index contributed by atoms with van der Waals surface area (Å²) >= 11 is 5.94. The molecule has 5 nitrogen and oxygen atoms in total. The second-order valence-electron chi connectivity index (χ2n) is 5.72. The third-order valence-electron chi connectivity index (χ3n) is 4.38. The molecular weight excluding hydrogens is 310 g/mol. The number of hydrogen-bond acceptors (Lipinski definition) is 3. The van der Waals surface area contributed by atoms with Crippen molar-refractivity contribution in [2.24, 2.45) is 10.7 Å². The molecule has 1 fully saturated rings. The summed E-state index contributed by atoms with van der Waals surface area (Å²) in [6.45, 7) is 11.9. The molecule has 1 aliphatic rings. The molecule has 0 bridgehead atoms. The quantitative estimate of drug-likeness (QED) is 0.638. The average Bonchev–Trinajstić information content (AvgIpc) is 2.59. The van der Waals surface area contributed by atoms with E-state index in [0.29, 0.717) is 5.96 Å². The standard InChI is InChI=1S/C17H28ClN5/c1-3-21(4-2)10-9-20-17(19)23-13-11-22(12-14-23)16-7-5-15(18)6-8-16/h5-8H,3-4,9-14H2,1-2H3,(H2,19,20). The van der Waals surface area contributed by atoms with Gasteiger partial charge in [0.05, 0.1) is 6.54 Å². The van der Waals surface area contributed by atoms with Gasteiger partial charge in [0.25, 0.3) is 0 Å². The van der Waals surface area contributed by atoms with Gasteiger partial charge in [-0.1, -0.05) is 25.4 Å². The van der Waals surface area contributed by atoms with Gasteiger partial charge in [-0.25, -0.2) is 0 Å². The molecular formula is C17H28ClN5. The molecule has 2 N–H and O–H groups in total. The lowest BCUT2D eigenvalue weighted by molar-refractivity contribution is 0.311. The van der Waals surface area contributed by atoms with E-state index in [1.807, 2.05) is 12.1 Å². The second kappa shape index (κ2) is 8.99. The Labute approximate surface area is 144 Å². The van der Waals surface area contributed by atoms with E-state index in [4.69, 9.17) is 17.3 Å². The molecule has 0 amide bonds. The highest BCUT2D eigenvalue weighted by Crippen LogP contribution is 2.19. The Morgan fingerprint density at radius 1 is 1.13 bits per heavy atom. The number of anilines is 1. The summed E-state index contributed by atoms with van der Waals surface area (Å²) in [5.74, 6) is 0.674. The van der Waals surface area contributed by atoms with E-state index in [1.165, 1.54) is 5.69 Å². The van der Waals surface area contributed by atoms with E-state index in [9.17, 15) is 0 Å². The number of piperazine rings is 1. The van der Waals surface area contributed by atoms with Crippen LogP contribution < -0.4 is 10.6 Å². The molecule has 0 saturated carbocycles. The van der Waals surface area contributed by atoms with Crippen molar-refractivity contribution in [3.8, 4) is 0 Å². The maximum Gasteiger partial charge on any atom is 0.191 e. The Balaban J connectivity index is 1.80. The lowest BCUT2D eigenvalue weighted by Gasteiger charge is -2.36. The van der Waals surface area contributed by atoms with E-state index in [2.05, 4.69) is 45.7 Å². The first kappa shape index (κ1) is 17.9. The fraction of sp³-hybridized carbons (Fsp3) is 0.588. The molecule has 1 aromatic rings. The highest BCUT2D eigenvalue weighted by molar-refractivity contribution is 6.30. The van der Waals surface area contributed by atoms with E-state index in [0.717, 1.165) is 57.4 Å². The SMILES string of the molecule is CCN(CC)CCN=C(N)N1CCN(c2ccc(Cl)cc2)CC1. The van der Waals surface area contributed by atoms with Crippen LogP contribution >= 0.6 is 11.6 Å². The summed E-state index contributed by atoms with van der Waals surface area (Å²) in [5, 5.41) is 0.775. The molecule has 0 aromatic heterocycles. The van der Waals surface area contributed by atoms with Crippen molar-refractivity contribution in [3.05, 3.63) is 29.3 Å². The molecule has 0 unspecified atom stereocenters. The minimum absolute atomic E-state index is 0.674. The minimum Gasteiger partial charge on any atom is -0.370 e. The normalized spacial score (nSPS) is 16.3. The maximum absolute atomic E-state index is 6.14. The van der Waals surface area contributed by atoms with Crippen LogP contribution in [0.5, 0.6) is 0 Å². The lowest BCUT2D eigenvalue weighted by Crippen LogP contribution is -2.51. The number of likely N-dealkylation sites (N-methyl/N-ethyl adjacent to an activating group) is 1. The number of guanidine groups is 1. The summed E-state index contributed by atoms with van der Waals surface area (Å²) in [7, 11) is 0. The monoisotopic (exact) mass is 337 g/mol. The summed E-state index contributed by atoms with van der Waals surface area (Å²) < 4.78 is 0.